The molecule has 5 nitrogen and oxygen atoms in total. The van der Waals surface area contributed by atoms with Gasteiger partial charge in [-0.1, -0.05) is 26.0 Å². The summed E-state index contributed by atoms with van der Waals surface area (Å²) in [5.41, 5.74) is 2.28. The summed E-state index contributed by atoms with van der Waals surface area (Å²) in [5, 5.41) is 16.1. The lowest BCUT2D eigenvalue weighted by Gasteiger charge is -2.22. The summed E-state index contributed by atoms with van der Waals surface area (Å²) in [7, 11) is 0. The number of carbonyl (C=O) groups excluding carboxylic acids is 1. The smallest absolute Gasteiger partial charge is 0.416 e. The number of phenols is 1. The highest BCUT2D eigenvalue weighted by atomic mass is 19.4. The van der Waals surface area contributed by atoms with E-state index in [2.05, 4.69) is 29.4 Å². The van der Waals surface area contributed by atoms with Gasteiger partial charge in [-0.2, -0.15) is 13.2 Å². The first-order chi connectivity index (χ1) is 17.2. The van der Waals surface area contributed by atoms with Crippen molar-refractivity contribution in [1.82, 2.24) is 10.2 Å². The summed E-state index contributed by atoms with van der Waals surface area (Å²) in [4.78, 5) is 14.9. The maximum atomic E-state index is 12.9. The van der Waals surface area contributed by atoms with Crippen molar-refractivity contribution in [3.05, 3.63) is 89.0 Å². The van der Waals surface area contributed by atoms with Crippen molar-refractivity contribution >= 4 is 17.3 Å². The zero-order chi connectivity index (χ0) is 26.1. The maximum absolute atomic E-state index is 12.9. The number of phenolic OH excluding ortho intramolecular Hbond substituents is 1. The fourth-order valence-corrected chi connectivity index (χ4v) is 3.95. The molecule has 0 heterocycles. The first kappa shape index (κ1) is 27.1. The number of hydrogen-bond acceptors (Lipinski definition) is 4. The van der Waals surface area contributed by atoms with Crippen molar-refractivity contribution in [3.63, 3.8) is 0 Å². The Morgan fingerprint density at radius 1 is 0.917 bits per heavy atom. The number of carbonyl (C=O) groups is 1. The molecule has 3 aromatic carbocycles. The van der Waals surface area contributed by atoms with E-state index in [-0.39, 0.29) is 11.7 Å². The number of rotatable bonds is 11. The molecule has 1 amide bonds. The Bertz CT molecular complexity index is 1140. The molecule has 0 aliphatic heterocycles. The molecule has 0 saturated heterocycles. The van der Waals surface area contributed by atoms with Crippen LogP contribution < -0.4 is 10.6 Å². The molecule has 0 bridgehead atoms. The predicted molar refractivity (Wildman–Crippen MR) is 136 cm³/mol. The molecule has 0 aliphatic rings. The molecule has 3 N–H and O–H groups in total. The fourth-order valence-electron chi connectivity index (χ4n) is 3.95. The van der Waals surface area contributed by atoms with Crippen molar-refractivity contribution in [1.29, 1.82) is 0 Å². The van der Waals surface area contributed by atoms with Crippen LogP contribution in [0.3, 0.4) is 0 Å². The number of hydrogen-bond donors (Lipinski definition) is 3. The first-order valence-corrected chi connectivity index (χ1v) is 12.0. The van der Waals surface area contributed by atoms with E-state index in [1.165, 1.54) is 6.07 Å². The molecule has 8 heteroatoms. The molecule has 0 aliphatic carbocycles. The molecule has 36 heavy (non-hydrogen) atoms. The molecule has 0 radical (unpaired) electrons. The van der Waals surface area contributed by atoms with Crippen LogP contribution in [0.2, 0.25) is 0 Å². The summed E-state index contributed by atoms with van der Waals surface area (Å²) >= 11 is 0. The predicted octanol–water partition coefficient (Wildman–Crippen LogP) is 6.71. The van der Waals surface area contributed by atoms with Gasteiger partial charge in [0.15, 0.2) is 0 Å². The zero-order valence-electron chi connectivity index (χ0n) is 20.5. The number of benzene rings is 3. The third-order valence-electron chi connectivity index (χ3n) is 5.70. The van der Waals surface area contributed by atoms with E-state index < -0.39 is 11.7 Å². The molecular weight excluding hydrogens is 467 g/mol. The van der Waals surface area contributed by atoms with Crippen LogP contribution in [-0.4, -0.2) is 29.0 Å². The number of alkyl halides is 3. The lowest BCUT2D eigenvalue weighted by molar-refractivity contribution is -0.137. The summed E-state index contributed by atoms with van der Waals surface area (Å²) < 4.78 is 38.8. The molecule has 192 valence electrons. The van der Waals surface area contributed by atoms with Gasteiger partial charge in [0.1, 0.15) is 5.75 Å². The Hall–Kier alpha value is -3.52. The van der Waals surface area contributed by atoms with Gasteiger partial charge >= 0.3 is 6.18 Å². The van der Waals surface area contributed by atoms with Gasteiger partial charge in [0, 0.05) is 35.6 Å². The van der Waals surface area contributed by atoms with Gasteiger partial charge in [0.25, 0.3) is 5.91 Å². The van der Waals surface area contributed by atoms with Crippen LogP contribution in [0.5, 0.6) is 5.75 Å². The highest BCUT2D eigenvalue weighted by molar-refractivity contribution is 5.94. The van der Waals surface area contributed by atoms with Gasteiger partial charge in [-0.05, 0) is 86.1 Å². The Labute approximate surface area is 210 Å². The molecule has 0 unspecified atom stereocenters. The van der Waals surface area contributed by atoms with E-state index in [0.29, 0.717) is 30.0 Å². The summed E-state index contributed by atoms with van der Waals surface area (Å²) in [6.07, 6.45) is -2.35. The molecule has 0 fully saturated rings. The molecule has 0 saturated carbocycles. The Kier molecular flexibility index (Phi) is 9.36. The average molecular weight is 500 g/mol. The second kappa shape index (κ2) is 12.4. The number of nitrogens with zero attached hydrogens (tertiary/aromatic N) is 1. The monoisotopic (exact) mass is 499 g/mol. The molecule has 0 spiro atoms. The molecule has 0 aromatic heterocycles. The normalized spacial score (nSPS) is 11.5. The average Bonchev–Trinajstić information content (AvgIpc) is 2.85. The number of amides is 1. The van der Waals surface area contributed by atoms with Gasteiger partial charge in [0.05, 0.1) is 5.56 Å². The Morgan fingerprint density at radius 2 is 1.61 bits per heavy atom. The molecule has 0 atom stereocenters. The van der Waals surface area contributed by atoms with Crippen molar-refractivity contribution in [2.45, 2.75) is 46.0 Å². The van der Waals surface area contributed by atoms with Crippen LogP contribution in [0.1, 0.15) is 53.7 Å². The molecule has 3 aromatic rings. The van der Waals surface area contributed by atoms with Gasteiger partial charge in [-0.25, -0.2) is 0 Å². The summed E-state index contributed by atoms with van der Waals surface area (Å²) in [6, 6.07) is 16.8. The second-order valence-corrected chi connectivity index (χ2v) is 8.70. The third-order valence-corrected chi connectivity index (χ3v) is 5.70. The minimum absolute atomic E-state index is 0.242. The maximum Gasteiger partial charge on any atom is 0.416 e. The number of halogens is 3. The van der Waals surface area contributed by atoms with Crippen LogP contribution >= 0.6 is 0 Å². The SMILES string of the molecule is CCCN(CCC)Cc1cc(CNC(=O)c2ccc(Nc3cccc(C(F)(F)F)c3)cc2)ccc1O. The van der Waals surface area contributed by atoms with Crippen molar-refractivity contribution in [2.24, 2.45) is 0 Å². The van der Waals surface area contributed by atoms with E-state index in [1.807, 2.05) is 6.07 Å². The van der Waals surface area contributed by atoms with Crippen molar-refractivity contribution in [2.75, 3.05) is 18.4 Å². The molecular formula is C28H32F3N3O2. The van der Waals surface area contributed by atoms with Crippen LogP contribution in [0.15, 0.2) is 66.7 Å². The minimum atomic E-state index is -4.41. The third kappa shape index (κ3) is 7.75. The van der Waals surface area contributed by atoms with E-state index in [0.717, 1.165) is 49.2 Å². The summed E-state index contributed by atoms with van der Waals surface area (Å²) in [5.74, 6) is -0.0278. The van der Waals surface area contributed by atoms with Gasteiger partial charge in [-0.15, -0.1) is 0 Å². The van der Waals surface area contributed by atoms with Crippen molar-refractivity contribution < 1.29 is 23.1 Å². The van der Waals surface area contributed by atoms with Gasteiger partial charge in [-0.3, -0.25) is 9.69 Å². The topological polar surface area (TPSA) is 64.6 Å². The van der Waals surface area contributed by atoms with E-state index >= 15 is 0 Å². The van der Waals surface area contributed by atoms with E-state index in [9.17, 15) is 23.1 Å². The highest BCUT2D eigenvalue weighted by Crippen LogP contribution is 2.31. The van der Waals surface area contributed by atoms with E-state index in [1.54, 1.807) is 42.5 Å². The number of nitrogens with one attached hydrogen (secondary N) is 2. The summed E-state index contributed by atoms with van der Waals surface area (Å²) in [6.45, 7) is 7.11. The number of aromatic hydroxyl groups is 1. The lowest BCUT2D eigenvalue weighted by Crippen LogP contribution is -2.25. The zero-order valence-corrected chi connectivity index (χ0v) is 20.5. The standard InChI is InChI=1S/C28H32F3N3O2/c1-3-14-34(15-4-2)19-22-16-20(8-13-26(22)35)18-32-27(36)21-9-11-24(12-10-21)33-25-7-5-6-23(17-25)28(29,30)31/h5-13,16-17,33,35H,3-4,14-15,18-19H2,1-2H3,(H,32,36). The first-order valence-electron chi connectivity index (χ1n) is 12.0. The molecule has 3 rings (SSSR count). The second-order valence-electron chi connectivity index (χ2n) is 8.70. The van der Waals surface area contributed by atoms with Gasteiger partial charge < -0.3 is 15.7 Å². The number of anilines is 2. The fraction of sp³-hybridized carbons (Fsp3) is 0.321. The van der Waals surface area contributed by atoms with Crippen LogP contribution in [0.25, 0.3) is 0 Å². The van der Waals surface area contributed by atoms with Crippen LogP contribution in [0, 0.1) is 0 Å². The van der Waals surface area contributed by atoms with Gasteiger partial charge in [0.2, 0.25) is 0 Å². The largest absolute Gasteiger partial charge is 0.508 e. The lowest BCUT2D eigenvalue weighted by atomic mass is 10.1. The van der Waals surface area contributed by atoms with Crippen molar-refractivity contribution in [3.8, 4) is 5.75 Å². The van der Waals surface area contributed by atoms with E-state index in [4.69, 9.17) is 0 Å². The quantitative estimate of drug-likeness (QED) is 0.275. The Morgan fingerprint density at radius 3 is 2.25 bits per heavy atom. The minimum Gasteiger partial charge on any atom is -0.508 e. The highest BCUT2D eigenvalue weighted by Gasteiger charge is 2.30. The van der Waals surface area contributed by atoms with Crippen LogP contribution in [0.4, 0.5) is 24.5 Å². The Balaban J connectivity index is 1.60. The van der Waals surface area contributed by atoms with Crippen LogP contribution in [-0.2, 0) is 19.3 Å².